The normalized spacial score (nSPS) is 25.9. The molecule has 108 valence electrons. The van der Waals surface area contributed by atoms with E-state index in [0.29, 0.717) is 17.6 Å². The number of hydrogen-bond donors (Lipinski definition) is 1. The van der Waals surface area contributed by atoms with Gasteiger partial charge in [-0.3, -0.25) is 0 Å². The summed E-state index contributed by atoms with van der Waals surface area (Å²) >= 11 is 0. The molecule has 3 heterocycles. The summed E-state index contributed by atoms with van der Waals surface area (Å²) in [6.45, 7) is 2.06. The van der Waals surface area contributed by atoms with Gasteiger partial charge >= 0.3 is 5.97 Å². The van der Waals surface area contributed by atoms with E-state index in [0.717, 1.165) is 31.7 Å². The molecule has 0 radical (unpaired) electrons. The van der Waals surface area contributed by atoms with Crippen molar-refractivity contribution in [2.45, 2.75) is 37.8 Å². The number of anilines is 1. The van der Waals surface area contributed by atoms with E-state index in [2.05, 4.69) is 15.2 Å². The molecule has 2 saturated heterocycles. The van der Waals surface area contributed by atoms with Gasteiger partial charge in [0, 0.05) is 24.8 Å². The standard InChI is InChI=1S/C15H21N3O2/c1-20-15(19)11-5-2-9-17-14(11)18-10-4-7-13(18)12-6-3-8-16-12/h2,5,9,12-13,16H,3-4,6-8,10H2,1H3. The number of hydrogen-bond acceptors (Lipinski definition) is 5. The van der Waals surface area contributed by atoms with Crippen molar-refractivity contribution in [2.24, 2.45) is 0 Å². The lowest BCUT2D eigenvalue weighted by Crippen LogP contribution is -2.44. The van der Waals surface area contributed by atoms with Crippen LogP contribution in [0.2, 0.25) is 0 Å². The van der Waals surface area contributed by atoms with Crippen LogP contribution in [-0.4, -0.2) is 43.2 Å². The molecule has 2 aliphatic heterocycles. The molecule has 2 fully saturated rings. The first-order valence-electron chi connectivity index (χ1n) is 7.34. The Hall–Kier alpha value is -1.62. The average molecular weight is 275 g/mol. The summed E-state index contributed by atoms with van der Waals surface area (Å²) < 4.78 is 4.88. The van der Waals surface area contributed by atoms with Gasteiger partial charge < -0.3 is 15.0 Å². The molecule has 2 unspecified atom stereocenters. The fourth-order valence-electron chi connectivity index (χ4n) is 3.41. The molecular weight excluding hydrogens is 254 g/mol. The van der Waals surface area contributed by atoms with Gasteiger partial charge in [0.05, 0.1) is 7.11 Å². The highest BCUT2D eigenvalue weighted by Crippen LogP contribution is 2.31. The number of rotatable bonds is 3. The number of ether oxygens (including phenoxy) is 1. The number of esters is 1. The molecule has 20 heavy (non-hydrogen) atoms. The van der Waals surface area contributed by atoms with E-state index in [4.69, 9.17) is 4.74 Å². The number of aromatic nitrogens is 1. The molecule has 2 aliphatic rings. The predicted octanol–water partition coefficient (Wildman–Crippen LogP) is 1.59. The largest absolute Gasteiger partial charge is 0.465 e. The Morgan fingerprint density at radius 3 is 3.10 bits per heavy atom. The van der Waals surface area contributed by atoms with Gasteiger partial charge in [0.25, 0.3) is 0 Å². The highest BCUT2D eigenvalue weighted by molar-refractivity contribution is 5.94. The van der Waals surface area contributed by atoms with Crippen molar-refractivity contribution < 1.29 is 9.53 Å². The van der Waals surface area contributed by atoms with Crippen LogP contribution in [0.1, 0.15) is 36.0 Å². The van der Waals surface area contributed by atoms with Crippen molar-refractivity contribution >= 4 is 11.8 Å². The van der Waals surface area contributed by atoms with Gasteiger partial charge in [-0.15, -0.1) is 0 Å². The van der Waals surface area contributed by atoms with E-state index in [-0.39, 0.29) is 5.97 Å². The van der Waals surface area contributed by atoms with E-state index >= 15 is 0 Å². The molecule has 1 N–H and O–H groups in total. The van der Waals surface area contributed by atoms with Crippen molar-refractivity contribution in [3.63, 3.8) is 0 Å². The van der Waals surface area contributed by atoms with Crippen LogP contribution < -0.4 is 10.2 Å². The van der Waals surface area contributed by atoms with Gasteiger partial charge in [-0.2, -0.15) is 0 Å². The number of carbonyl (C=O) groups is 1. The third-order valence-corrected chi connectivity index (χ3v) is 4.33. The molecule has 1 aromatic heterocycles. The zero-order valence-corrected chi connectivity index (χ0v) is 11.8. The minimum Gasteiger partial charge on any atom is -0.465 e. The Labute approximate surface area is 119 Å². The molecule has 0 aromatic carbocycles. The van der Waals surface area contributed by atoms with E-state index in [1.165, 1.54) is 20.0 Å². The molecule has 2 atom stereocenters. The Morgan fingerprint density at radius 2 is 2.35 bits per heavy atom. The quantitative estimate of drug-likeness (QED) is 0.849. The van der Waals surface area contributed by atoms with E-state index < -0.39 is 0 Å². The van der Waals surface area contributed by atoms with Crippen LogP contribution in [0.3, 0.4) is 0 Å². The van der Waals surface area contributed by atoms with Gasteiger partial charge in [-0.25, -0.2) is 9.78 Å². The highest BCUT2D eigenvalue weighted by atomic mass is 16.5. The maximum atomic E-state index is 11.9. The minimum absolute atomic E-state index is 0.307. The third kappa shape index (κ3) is 2.38. The number of nitrogens with one attached hydrogen (secondary N) is 1. The second kappa shape index (κ2) is 5.79. The van der Waals surface area contributed by atoms with Crippen LogP contribution in [-0.2, 0) is 4.74 Å². The maximum absolute atomic E-state index is 11.9. The summed E-state index contributed by atoms with van der Waals surface area (Å²) in [4.78, 5) is 18.7. The SMILES string of the molecule is COC(=O)c1cccnc1N1CCCC1C1CCCN1. The summed E-state index contributed by atoms with van der Waals surface area (Å²) in [7, 11) is 1.42. The summed E-state index contributed by atoms with van der Waals surface area (Å²) in [5, 5.41) is 3.58. The van der Waals surface area contributed by atoms with Gasteiger partial charge in [0.2, 0.25) is 0 Å². The third-order valence-electron chi connectivity index (χ3n) is 4.33. The number of methoxy groups -OCH3 is 1. The number of nitrogens with zero attached hydrogens (tertiary/aromatic N) is 2. The Bertz CT molecular complexity index is 486. The molecule has 0 saturated carbocycles. The zero-order chi connectivity index (χ0) is 13.9. The van der Waals surface area contributed by atoms with Crippen molar-refractivity contribution in [3.05, 3.63) is 23.9 Å². The maximum Gasteiger partial charge on any atom is 0.341 e. The first-order chi connectivity index (χ1) is 9.81. The molecular formula is C15H21N3O2. The lowest BCUT2D eigenvalue weighted by molar-refractivity contribution is 0.0601. The van der Waals surface area contributed by atoms with Crippen LogP contribution in [0.25, 0.3) is 0 Å². The van der Waals surface area contributed by atoms with Crippen LogP contribution in [0.5, 0.6) is 0 Å². The second-order valence-corrected chi connectivity index (χ2v) is 5.47. The predicted molar refractivity (Wildman–Crippen MR) is 77.0 cm³/mol. The van der Waals surface area contributed by atoms with Crippen LogP contribution in [0.15, 0.2) is 18.3 Å². The lowest BCUT2D eigenvalue weighted by Gasteiger charge is -2.31. The highest BCUT2D eigenvalue weighted by Gasteiger charge is 2.35. The fraction of sp³-hybridized carbons (Fsp3) is 0.600. The van der Waals surface area contributed by atoms with Gasteiger partial charge in [0.15, 0.2) is 0 Å². The first-order valence-corrected chi connectivity index (χ1v) is 7.34. The van der Waals surface area contributed by atoms with Crippen LogP contribution in [0.4, 0.5) is 5.82 Å². The molecule has 0 amide bonds. The molecule has 3 rings (SSSR count). The molecule has 5 nitrogen and oxygen atoms in total. The van der Waals surface area contributed by atoms with Gasteiger partial charge in [0.1, 0.15) is 11.4 Å². The second-order valence-electron chi connectivity index (χ2n) is 5.47. The monoisotopic (exact) mass is 275 g/mol. The van der Waals surface area contributed by atoms with E-state index in [1.807, 2.05) is 0 Å². The number of carbonyl (C=O) groups excluding carboxylic acids is 1. The molecule has 0 bridgehead atoms. The van der Waals surface area contributed by atoms with Crippen molar-refractivity contribution in [1.82, 2.24) is 10.3 Å². The minimum atomic E-state index is -0.307. The van der Waals surface area contributed by atoms with Crippen molar-refractivity contribution in [1.29, 1.82) is 0 Å². The first kappa shape index (κ1) is 13.4. The van der Waals surface area contributed by atoms with Crippen LogP contribution in [0, 0.1) is 0 Å². The van der Waals surface area contributed by atoms with Crippen molar-refractivity contribution in [3.8, 4) is 0 Å². The summed E-state index contributed by atoms with van der Waals surface area (Å²) in [5.74, 6) is 0.466. The average Bonchev–Trinajstić information content (AvgIpc) is 3.16. The topological polar surface area (TPSA) is 54.5 Å². The summed E-state index contributed by atoms with van der Waals surface area (Å²) in [6.07, 6.45) is 6.51. The zero-order valence-electron chi connectivity index (χ0n) is 11.8. The molecule has 0 aliphatic carbocycles. The molecule has 0 spiro atoms. The fourth-order valence-corrected chi connectivity index (χ4v) is 3.41. The lowest BCUT2D eigenvalue weighted by atomic mass is 10.0. The van der Waals surface area contributed by atoms with Crippen LogP contribution >= 0.6 is 0 Å². The van der Waals surface area contributed by atoms with Gasteiger partial charge in [-0.05, 0) is 44.4 Å². The Morgan fingerprint density at radius 1 is 1.45 bits per heavy atom. The van der Waals surface area contributed by atoms with Gasteiger partial charge in [-0.1, -0.05) is 0 Å². The van der Waals surface area contributed by atoms with E-state index in [1.54, 1.807) is 18.3 Å². The number of pyridine rings is 1. The summed E-state index contributed by atoms with van der Waals surface area (Å²) in [5.41, 5.74) is 0.569. The van der Waals surface area contributed by atoms with Crippen molar-refractivity contribution in [2.75, 3.05) is 25.1 Å². The molecule has 5 heteroatoms. The Balaban J connectivity index is 1.89. The Kier molecular flexibility index (Phi) is 3.87. The molecule has 1 aromatic rings. The smallest absolute Gasteiger partial charge is 0.341 e. The van der Waals surface area contributed by atoms with E-state index in [9.17, 15) is 4.79 Å². The summed E-state index contributed by atoms with van der Waals surface area (Å²) in [6, 6.07) is 4.54.